The van der Waals surface area contributed by atoms with Crippen LogP contribution in [0.25, 0.3) is 0 Å². The van der Waals surface area contributed by atoms with Crippen LogP contribution in [0, 0.1) is 0 Å². The lowest BCUT2D eigenvalue weighted by molar-refractivity contribution is -0.144. The standard InChI is InChI=1S/C15H14F3NS/c1-20-13-9-7-12(8-10-13)19-14(15(16,17)18)11-5-3-2-4-6-11/h2-10,14,19H,1H3. The van der Waals surface area contributed by atoms with Crippen LogP contribution in [-0.4, -0.2) is 12.4 Å². The summed E-state index contributed by atoms with van der Waals surface area (Å²) in [5, 5.41) is 2.55. The molecule has 0 saturated carbocycles. The Morgan fingerprint density at radius 3 is 2.05 bits per heavy atom. The van der Waals surface area contributed by atoms with Gasteiger partial charge >= 0.3 is 6.18 Å². The van der Waals surface area contributed by atoms with Gasteiger partial charge in [0.2, 0.25) is 0 Å². The Bertz CT molecular complexity index is 537. The lowest BCUT2D eigenvalue weighted by atomic mass is 10.1. The van der Waals surface area contributed by atoms with E-state index in [0.717, 1.165) is 4.90 Å². The van der Waals surface area contributed by atoms with Gasteiger partial charge in [-0.05, 0) is 36.1 Å². The molecule has 2 aromatic carbocycles. The summed E-state index contributed by atoms with van der Waals surface area (Å²) in [6, 6.07) is 13.1. The van der Waals surface area contributed by atoms with Crippen molar-refractivity contribution in [2.24, 2.45) is 0 Å². The summed E-state index contributed by atoms with van der Waals surface area (Å²) >= 11 is 1.55. The van der Waals surface area contributed by atoms with Crippen molar-refractivity contribution in [3.05, 3.63) is 60.2 Å². The van der Waals surface area contributed by atoms with E-state index < -0.39 is 12.2 Å². The lowest BCUT2D eigenvalue weighted by Gasteiger charge is -2.23. The minimum Gasteiger partial charge on any atom is -0.370 e. The molecule has 0 aliphatic carbocycles. The zero-order chi connectivity index (χ0) is 14.6. The van der Waals surface area contributed by atoms with Crippen molar-refractivity contribution >= 4 is 17.4 Å². The summed E-state index contributed by atoms with van der Waals surface area (Å²) in [5.41, 5.74) is 0.655. The molecule has 0 spiro atoms. The van der Waals surface area contributed by atoms with E-state index in [2.05, 4.69) is 5.32 Å². The fraction of sp³-hybridized carbons (Fsp3) is 0.200. The minimum atomic E-state index is -4.35. The van der Waals surface area contributed by atoms with Crippen molar-refractivity contribution in [1.29, 1.82) is 0 Å². The highest BCUT2D eigenvalue weighted by Crippen LogP contribution is 2.35. The first-order valence-electron chi connectivity index (χ1n) is 6.03. The van der Waals surface area contributed by atoms with Gasteiger partial charge in [-0.15, -0.1) is 11.8 Å². The Kier molecular flexibility index (Phi) is 4.60. The molecule has 0 aromatic heterocycles. The van der Waals surface area contributed by atoms with Gasteiger partial charge in [0.25, 0.3) is 0 Å². The van der Waals surface area contributed by atoms with Gasteiger partial charge in [0.15, 0.2) is 0 Å². The second kappa shape index (κ2) is 6.22. The molecule has 1 unspecified atom stereocenters. The highest BCUT2D eigenvalue weighted by molar-refractivity contribution is 7.98. The van der Waals surface area contributed by atoms with E-state index in [1.165, 1.54) is 12.1 Å². The lowest BCUT2D eigenvalue weighted by Crippen LogP contribution is -2.27. The number of benzene rings is 2. The van der Waals surface area contributed by atoms with E-state index >= 15 is 0 Å². The Balaban J connectivity index is 2.24. The van der Waals surface area contributed by atoms with E-state index in [9.17, 15) is 13.2 Å². The average Bonchev–Trinajstić information content (AvgIpc) is 2.45. The number of thioether (sulfide) groups is 1. The van der Waals surface area contributed by atoms with Gasteiger partial charge in [0.05, 0.1) is 0 Å². The zero-order valence-electron chi connectivity index (χ0n) is 10.8. The summed E-state index contributed by atoms with van der Waals surface area (Å²) in [5.74, 6) is 0. The maximum Gasteiger partial charge on any atom is 0.412 e. The molecule has 1 nitrogen and oxygen atoms in total. The Morgan fingerprint density at radius 2 is 1.55 bits per heavy atom. The molecule has 0 aliphatic heterocycles. The predicted octanol–water partition coefficient (Wildman–Crippen LogP) is 5.12. The van der Waals surface area contributed by atoms with Crippen LogP contribution in [-0.2, 0) is 0 Å². The monoisotopic (exact) mass is 297 g/mol. The topological polar surface area (TPSA) is 12.0 Å². The highest BCUT2D eigenvalue weighted by atomic mass is 32.2. The van der Waals surface area contributed by atoms with Gasteiger partial charge in [-0.3, -0.25) is 0 Å². The van der Waals surface area contributed by atoms with Crippen molar-refractivity contribution in [1.82, 2.24) is 0 Å². The summed E-state index contributed by atoms with van der Waals surface area (Å²) in [4.78, 5) is 1.01. The first-order valence-corrected chi connectivity index (χ1v) is 7.25. The van der Waals surface area contributed by atoms with Crippen molar-refractivity contribution in [3.63, 3.8) is 0 Å². The molecule has 0 fully saturated rings. The summed E-state index contributed by atoms with van der Waals surface area (Å²) < 4.78 is 39.5. The third-order valence-electron chi connectivity index (χ3n) is 2.86. The third-order valence-corrected chi connectivity index (χ3v) is 3.60. The van der Waals surface area contributed by atoms with Gasteiger partial charge in [-0.25, -0.2) is 0 Å². The molecule has 0 saturated heterocycles. The molecule has 1 N–H and O–H groups in total. The highest BCUT2D eigenvalue weighted by Gasteiger charge is 2.40. The van der Waals surface area contributed by atoms with Gasteiger partial charge in [0.1, 0.15) is 6.04 Å². The molecule has 2 rings (SSSR count). The average molecular weight is 297 g/mol. The Hall–Kier alpha value is -1.62. The SMILES string of the molecule is CSc1ccc(NC(c2ccccc2)C(F)(F)F)cc1. The first-order chi connectivity index (χ1) is 9.50. The van der Waals surface area contributed by atoms with Crippen molar-refractivity contribution < 1.29 is 13.2 Å². The number of rotatable bonds is 4. The van der Waals surface area contributed by atoms with Gasteiger partial charge < -0.3 is 5.32 Å². The van der Waals surface area contributed by atoms with E-state index in [4.69, 9.17) is 0 Å². The third kappa shape index (κ3) is 3.70. The maximum absolute atomic E-state index is 13.2. The smallest absolute Gasteiger partial charge is 0.370 e. The molecule has 2 aromatic rings. The molecule has 1 atom stereocenters. The number of anilines is 1. The largest absolute Gasteiger partial charge is 0.412 e. The van der Waals surface area contributed by atoms with Crippen molar-refractivity contribution in [3.8, 4) is 0 Å². The Morgan fingerprint density at radius 1 is 0.950 bits per heavy atom. The molecule has 0 aliphatic rings. The van der Waals surface area contributed by atoms with Crippen LogP contribution >= 0.6 is 11.8 Å². The molecular weight excluding hydrogens is 283 g/mol. The fourth-order valence-corrected chi connectivity index (χ4v) is 2.26. The van der Waals surface area contributed by atoms with Crippen molar-refractivity contribution in [2.75, 3.05) is 11.6 Å². The van der Waals surface area contributed by atoms with Crippen LogP contribution in [0.5, 0.6) is 0 Å². The van der Waals surface area contributed by atoms with Crippen LogP contribution < -0.4 is 5.32 Å². The predicted molar refractivity (Wildman–Crippen MR) is 77.1 cm³/mol. The van der Waals surface area contributed by atoms with Crippen molar-refractivity contribution in [2.45, 2.75) is 17.1 Å². The van der Waals surface area contributed by atoms with Gasteiger partial charge in [-0.1, -0.05) is 30.3 Å². The molecule has 0 heterocycles. The molecule has 5 heteroatoms. The molecular formula is C15H14F3NS. The van der Waals surface area contributed by atoms with Crippen LogP contribution in [0.2, 0.25) is 0 Å². The van der Waals surface area contributed by atoms with E-state index in [1.54, 1.807) is 54.2 Å². The number of alkyl halides is 3. The molecule has 0 radical (unpaired) electrons. The summed E-state index contributed by atoms with van der Waals surface area (Å²) in [7, 11) is 0. The second-order valence-electron chi connectivity index (χ2n) is 4.26. The van der Waals surface area contributed by atoms with Gasteiger partial charge in [-0.2, -0.15) is 13.2 Å². The van der Waals surface area contributed by atoms with Crippen LogP contribution in [0.4, 0.5) is 18.9 Å². The molecule has 0 amide bonds. The molecule has 20 heavy (non-hydrogen) atoms. The summed E-state index contributed by atoms with van der Waals surface area (Å²) in [6.07, 6.45) is -2.43. The van der Waals surface area contributed by atoms with E-state index in [0.29, 0.717) is 5.69 Å². The number of hydrogen-bond donors (Lipinski definition) is 1. The van der Waals surface area contributed by atoms with Crippen LogP contribution in [0.1, 0.15) is 11.6 Å². The van der Waals surface area contributed by atoms with Gasteiger partial charge in [0, 0.05) is 10.6 Å². The van der Waals surface area contributed by atoms with E-state index in [-0.39, 0.29) is 5.56 Å². The fourth-order valence-electron chi connectivity index (χ4n) is 1.85. The minimum absolute atomic E-state index is 0.203. The maximum atomic E-state index is 13.2. The van der Waals surface area contributed by atoms with E-state index in [1.807, 2.05) is 6.26 Å². The first kappa shape index (κ1) is 14.8. The number of halogens is 3. The quantitative estimate of drug-likeness (QED) is 0.786. The zero-order valence-corrected chi connectivity index (χ0v) is 11.6. The molecule has 0 bridgehead atoms. The van der Waals surface area contributed by atoms with Crippen LogP contribution in [0.15, 0.2) is 59.5 Å². The number of hydrogen-bond acceptors (Lipinski definition) is 2. The second-order valence-corrected chi connectivity index (χ2v) is 5.14. The van der Waals surface area contributed by atoms with Crippen LogP contribution in [0.3, 0.4) is 0 Å². The number of nitrogens with one attached hydrogen (secondary N) is 1. The summed E-state index contributed by atoms with van der Waals surface area (Å²) in [6.45, 7) is 0. The Labute approximate surface area is 120 Å². The molecule has 106 valence electrons. The normalized spacial score (nSPS) is 13.0.